The molecule has 2 nitrogen and oxygen atoms in total. The molecule has 0 spiro atoms. The molecule has 1 fully saturated rings. The predicted molar refractivity (Wildman–Crippen MR) is 62.4 cm³/mol. The fourth-order valence-corrected chi connectivity index (χ4v) is 2.33. The van der Waals surface area contributed by atoms with E-state index in [1.54, 1.807) is 0 Å². The molecule has 1 rings (SSSR count). The minimum Gasteiger partial charge on any atom is -0.329 e. The van der Waals surface area contributed by atoms with Crippen molar-refractivity contribution < 1.29 is 0 Å². The second kappa shape index (κ2) is 5.13. The molecule has 1 saturated carbocycles. The Balaban J connectivity index is 2.39. The van der Waals surface area contributed by atoms with E-state index in [0.29, 0.717) is 11.6 Å². The Labute approximate surface area is 88.8 Å². The van der Waals surface area contributed by atoms with E-state index in [1.807, 2.05) is 0 Å². The van der Waals surface area contributed by atoms with Crippen molar-refractivity contribution in [2.24, 2.45) is 5.73 Å². The number of hydrogen-bond acceptors (Lipinski definition) is 2. The van der Waals surface area contributed by atoms with Crippen molar-refractivity contribution in [1.82, 2.24) is 4.90 Å². The minimum absolute atomic E-state index is 0.391. The van der Waals surface area contributed by atoms with Gasteiger partial charge in [0, 0.05) is 18.1 Å². The van der Waals surface area contributed by atoms with Crippen LogP contribution < -0.4 is 5.73 Å². The van der Waals surface area contributed by atoms with Gasteiger partial charge in [-0.1, -0.05) is 19.8 Å². The van der Waals surface area contributed by atoms with E-state index < -0.39 is 0 Å². The summed E-state index contributed by atoms with van der Waals surface area (Å²) in [5.74, 6) is 0. The Bertz CT molecular complexity index is 162. The summed E-state index contributed by atoms with van der Waals surface area (Å²) in [7, 11) is 0. The summed E-state index contributed by atoms with van der Waals surface area (Å²) in [6.07, 6.45) is 6.61. The molecule has 0 unspecified atom stereocenters. The quantitative estimate of drug-likeness (QED) is 0.636. The minimum atomic E-state index is 0.391. The predicted octanol–water partition coefficient (Wildman–Crippen LogP) is 2.38. The fourth-order valence-electron chi connectivity index (χ4n) is 2.33. The van der Waals surface area contributed by atoms with Crippen LogP contribution in [0.3, 0.4) is 0 Å². The van der Waals surface area contributed by atoms with Crippen LogP contribution in [-0.4, -0.2) is 29.6 Å². The molecule has 0 atom stereocenters. The highest BCUT2D eigenvalue weighted by Gasteiger charge is 2.47. The average molecular weight is 198 g/mol. The van der Waals surface area contributed by atoms with Gasteiger partial charge in [0.2, 0.25) is 0 Å². The molecule has 0 amide bonds. The van der Waals surface area contributed by atoms with Crippen LogP contribution in [0.2, 0.25) is 0 Å². The van der Waals surface area contributed by atoms with Crippen LogP contribution >= 0.6 is 0 Å². The molecule has 2 heteroatoms. The van der Waals surface area contributed by atoms with E-state index in [1.165, 1.54) is 38.6 Å². The maximum atomic E-state index is 5.87. The van der Waals surface area contributed by atoms with Crippen molar-refractivity contribution in [3.8, 4) is 0 Å². The highest BCUT2D eigenvalue weighted by molar-refractivity contribution is 5.05. The van der Waals surface area contributed by atoms with Crippen molar-refractivity contribution >= 4 is 0 Å². The van der Waals surface area contributed by atoms with Gasteiger partial charge in [0.05, 0.1) is 0 Å². The Kier molecular flexibility index (Phi) is 4.39. The van der Waals surface area contributed by atoms with E-state index in [2.05, 4.69) is 25.7 Å². The van der Waals surface area contributed by atoms with Gasteiger partial charge in [-0.25, -0.2) is 0 Å². The normalized spacial score (nSPS) is 19.3. The van der Waals surface area contributed by atoms with Crippen LogP contribution in [0, 0.1) is 0 Å². The zero-order chi connectivity index (χ0) is 10.6. The third kappa shape index (κ3) is 2.71. The highest BCUT2D eigenvalue weighted by atomic mass is 15.3. The number of unbranched alkanes of at least 4 members (excludes halogenated alkanes) is 2. The molecule has 14 heavy (non-hydrogen) atoms. The van der Waals surface area contributed by atoms with Crippen LogP contribution in [0.15, 0.2) is 0 Å². The lowest BCUT2D eigenvalue weighted by atomic mass is 10.1. The molecular formula is C12H26N2. The van der Waals surface area contributed by atoms with Crippen LogP contribution in [-0.2, 0) is 0 Å². The Morgan fingerprint density at radius 3 is 2.29 bits per heavy atom. The highest BCUT2D eigenvalue weighted by Crippen LogP contribution is 2.41. The molecular weight excluding hydrogens is 172 g/mol. The molecule has 2 N–H and O–H groups in total. The summed E-state index contributed by atoms with van der Waals surface area (Å²) < 4.78 is 0. The maximum absolute atomic E-state index is 5.87. The van der Waals surface area contributed by atoms with Crippen molar-refractivity contribution in [2.75, 3.05) is 13.1 Å². The molecule has 0 aromatic carbocycles. The van der Waals surface area contributed by atoms with Gasteiger partial charge in [-0.15, -0.1) is 0 Å². The number of nitrogens with two attached hydrogens (primary N) is 1. The lowest BCUT2D eigenvalue weighted by molar-refractivity contribution is 0.136. The van der Waals surface area contributed by atoms with Crippen molar-refractivity contribution in [3.63, 3.8) is 0 Å². The SMILES string of the molecule is CCCCCN(C(C)C)C1(CN)CC1. The van der Waals surface area contributed by atoms with Crippen LogP contribution in [0.1, 0.15) is 52.9 Å². The Morgan fingerprint density at radius 1 is 1.29 bits per heavy atom. The van der Waals surface area contributed by atoms with E-state index in [-0.39, 0.29) is 0 Å². The molecule has 0 saturated heterocycles. The van der Waals surface area contributed by atoms with Crippen molar-refractivity contribution in [3.05, 3.63) is 0 Å². The summed E-state index contributed by atoms with van der Waals surface area (Å²) in [4.78, 5) is 2.63. The molecule has 84 valence electrons. The standard InChI is InChI=1S/C12H26N2/c1-4-5-6-9-14(11(2)3)12(10-13)7-8-12/h11H,4-10,13H2,1-3H3. The largest absolute Gasteiger partial charge is 0.329 e. The molecule has 0 heterocycles. The molecule has 1 aliphatic carbocycles. The first-order chi connectivity index (χ1) is 6.66. The zero-order valence-electron chi connectivity index (χ0n) is 10.1. The Hall–Kier alpha value is -0.0800. The lowest BCUT2D eigenvalue weighted by Gasteiger charge is -2.34. The van der Waals surface area contributed by atoms with Gasteiger partial charge < -0.3 is 5.73 Å². The summed E-state index contributed by atoms with van der Waals surface area (Å²) in [5.41, 5.74) is 6.26. The van der Waals surface area contributed by atoms with E-state index >= 15 is 0 Å². The van der Waals surface area contributed by atoms with Gasteiger partial charge in [-0.2, -0.15) is 0 Å². The smallest absolute Gasteiger partial charge is 0.0335 e. The van der Waals surface area contributed by atoms with E-state index in [0.717, 1.165) is 6.54 Å². The first-order valence-electron chi connectivity index (χ1n) is 6.13. The first-order valence-corrected chi connectivity index (χ1v) is 6.13. The first kappa shape index (κ1) is 12.0. The maximum Gasteiger partial charge on any atom is 0.0335 e. The summed E-state index contributed by atoms with van der Waals surface area (Å²) in [6, 6.07) is 0.651. The zero-order valence-corrected chi connectivity index (χ0v) is 10.1. The topological polar surface area (TPSA) is 29.3 Å². The molecule has 0 aromatic heterocycles. The average Bonchev–Trinajstić information content (AvgIpc) is 2.93. The lowest BCUT2D eigenvalue weighted by Crippen LogP contribution is -2.47. The van der Waals surface area contributed by atoms with Crippen LogP contribution in [0.25, 0.3) is 0 Å². The molecule has 0 bridgehead atoms. The number of hydrogen-bond donors (Lipinski definition) is 1. The molecule has 0 aliphatic heterocycles. The van der Waals surface area contributed by atoms with Gasteiger partial charge in [-0.05, 0) is 39.7 Å². The third-order valence-corrected chi connectivity index (χ3v) is 3.44. The van der Waals surface area contributed by atoms with Gasteiger partial charge >= 0.3 is 0 Å². The molecule has 0 aromatic rings. The van der Waals surface area contributed by atoms with Gasteiger partial charge in [0.25, 0.3) is 0 Å². The van der Waals surface area contributed by atoms with Gasteiger partial charge in [0.15, 0.2) is 0 Å². The van der Waals surface area contributed by atoms with Crippen LogP contribution in [0.5, 0.6) is 0 Å². The molecule has 0 radical (unpaired) electrons. The summed E-state index contributed by atoms with van der Waals surface area (Å²) in [5, 5.41) is 0. The van der Waals surface area contributed by atoms with E-state index in [4.69, 9.17) is 5.73 Å². The van der Waals surface area contributed by atoms with Gasteiger partial charge in [-0.3, -0.25) is 4.90 Å². The number of nitrogens with zero attached hydrogens (tertiary/aromatic N) is 1. The second-order valence-electron chi connectivity index (χ2n) is 4.92. The summed E-state index contributed by atoms with van der Waals surface area (Å²) in [6.45, 7) is 8.93. The van der Waals surface area contributed by atoms with Crippen molar-refractivity contribution in [2.45, 2.75) is 64.5 Å². The third-order valence-electron chi connectivity index (χ3n) is 3.44. The Morgan fingerprint density at radius 2 is 1.93 bits per heavy atom. The monoisotopic (exact) mass is 198 g/mol. The second-order valence-corrected chi connectivity index (χ2v) is 4.92. The van der Waals surface area contributed by atoms with Crippen molar-refractivity contribution in [1.29, 1.82) is 0 Å². The number of rotatable bonds is 7. The fraction of sp³-hybridized carbons (Fsp3) is 1.00. The van der Waals surface area contributed by atoms with Crippen LogP contribution in [0.4, 0.5) is 0 Å². The van der Waals surface area contributed by atoms with Gasteiger partial charge in [0.1, 0.15) is 0 Å². The van der Waals surface area contributed by atoms with E-state index in [9.17, 15) is 0 Å². The molecule has 1 aliphatic rings. The summed E-state index contributed by atoms with van der Waals surface area (Å²) >= 11 is 0.